The molecule has 1 heterocycles. The molecule has 1 aromatic rings. The third-order valence-electron chi connectivity index (χ3n) is 3.08. The molecule has 2 rings (SSSR count). The molecule has 0 unspecified atom stereocenters. The number of carbonyl (C=O) groups is 1. The second kappa shape index (κ2) is 5.48. The number of hydrogen-bond acceptors (Lipinski definition) is 4. The molecule has 1 amide bonds. The second-order valence-electron chi connectivity index (χ2n) is 4.49. The van der Waals surface area contributed by atoms with Crippen molar-refractivity contribution in [2.45, 2.75) is 37.9 Å². The molecule has 3 N–H and O–H groups in total. The van der Waals surface area contributed by atoms with Gasteiger partial charge in [-0.1, -0.05) is 30.3 Å². The molecule has 0 bridgehead atoms. The van der Waals surface area contributed by atoms with Crippen LogP contribution in [0.1, 0.15) is 12.5 Å². The van der Waals surface area contributed by atoms with Crippen molar-refractivity contribution in [2.24, 2.45) is 0 Å². The summed E-state index contributed by atoms with van der Waals surface area (Å²) in [6.07, 6.45) is -3.24. The summed E-state index contributed by atoms with van der Waals surface area (Å²) >= 11 is 0. The van der Waals surface area contributed by atoms with E-state index in [1.165, 1.54) is 0 Å². The van der Waals surface area contributed by atoms with Crippen molar-refractivity contribution in [1.29, 1.82) is 0 Å². The molecule has 1 fully saturated rings. The molecule has 0 spiro atoms. The number of hydrogen-bond donors (Lipinski definition) is 3. The van der Waals surface area contributed by atoms with Crippen LogP contribution >= 0.6 is 0 Å². The van der Waals surface area contributed by atoms with Crippen molar-refractivity contribution in [2.75, 3.05) is 0 Å². The molecule has 1 aromatic carbocycles. The summed E-state index contributed by atoms with van der Waals surface area (Å²) in [4.78, 5) is 11.3. The zero-order valence-electron chi connectivity index (χ0n) is 10.1. The van der Waals surface area contributed by atoms with Crippen LogP contribution < -0.4 is 5.32 Å². The van der Waals surface area contributed by atoms with Crippen LogP contribution in [-0.4, -0.2) is 40.5 Å². The van der Waals surface area contributed by atoms with E-state index in [1.807, 2.05) is 30.3 Å². The van der Waals surface area contributed by atoms with Gasteiger partial charge in [0.05, 0.1) is 12.6 Å². The Balaban J connectivity index is 1.98. The highest BCUT2D eigenvalue weighted by Gasteiger charge is 2.41. The smallest absolute Gasteiger partial charge is 0.251 e. The van der Waals surface area contributed by atoms with Gasteiger partial charge in [0, 0.05) is 0 Å². The minimum absolute atomic E-state index is 0.329. The lowest BCUT2D eigenvalue weighted by molar-refractivity contribution is -0.161. The molecular weight excluding hydrogens is 234 g/mol. The minimum Gasteiger partial charge on any atom is -0.387 e. The van der Waals surface area contributed by atoms with E-state index in [2.05, 4.69) is 5.32 Å². The first-order valence-corrected chi connectivity index (χ1v) is 5.91. The molecule has 5 nitrogen and oxygen atoms in total. The van der Waals surface area contributed by atoms with Crippen LogP contribution in [0.5, 0.6) is 0 Å². The average molecular weight is 251 g/mol. The third kappa shape index (κ3) is 2.69. The molecule has 1 saturated heterocycles. The zero-order valence-corrected chi connectivity index (χ0v) is 10.1. The lowest BCUT2D eigenvalue weighted by Crippen LogP contribution is -2.62. The predicted octanol–water partition coefficient (Wildman–Crippen LogP) is -0.188. The monoisotopic (exact) mass is 251 g/mol. The quantitative estimate of drug-likeness (QED) is 0.696. The predicted molar refractivity (Wildman–Crippen MR) is 64.6 cm³/mol. The summed E-state index contributed by atoms with van der Waals surface area (Å²) in [5.41, 5.74) is 0.975. The maximum Gasteiger partial charge on any atom is 0.251 e. The SMILES string of the molecule is C[C@H]1NC(=O)[C@@H](O)[C@@H](O)[C@@H]1OCc1ccccc1. The summed E-state index contributed by atoms with van der Waals surface area (Å²) < 4.78 is 5.59. The lowest BCUT2D eigenvalue weighted by atomic mass is 9.96. The third-order valence-corrected chi connectivity index (χ3v) is 3.08. The van der Waals surface area contributed by atoms with E-state index in [9.17, 15) is 15.0 Å². The van der Waals surface area contributed by atoms with E-state index in [4.69, 9.17) is 4.74 Å². The van der Waals surface area contributed by atoms with Crippen LogP contribution in [0.3, 0.4) is 0 Å². The average Bonchev–Trinajstić information content (AvgIpc) is 2.37. The Kier molecular flexibility index (Phi) is 3.96. The van der Waals surface area contributed by atoms with E-state index in [0.29, 0.717) is 6.61 Å². The van der Waals surface area contributed by atoms with Crippen molar-refractivity contribution < 1.29 is 19.7 Å². The van der Waals surface area contributed by atoms with Gasteiger partial charge in [-0.3, -0.25) is 4.79 Å². The van der Waals surface area contributed by atoms with Gasteiger partial charge in [-0.15, -0.1) is 0 Å². The molecule has 5 heteroatoms. The van der Waals surface area contributed by atoms with Gasteiger partial charge in [0.25, 0.3) is 5.91 Å². The Morgan fingerprint density at radius 2 is 1.94 bits per heavy atom. The topological polar surface area (TPSA) is 78.8 Å². The van der Waals surface area contributed by atoms with Crippen LogP contribution in [0.2, 0.25) is 0 Å². The summed E-state index contributed by atoms with van der Waals surface area (Å²) in [6.45, 7) is 2.07. The van der Waals surface area contributed by atoms with Crippen LogP contribution in [0.4, 0.5) is 0 Å². The van der Waals surface area contributed by atoms with Gasteiger partial charge in [-0.25, -0.2) is 0 Å². The number of benzene rings is 1. The summed E-state index contributed by atoms with van der Waals surface area (Å²) in [6, 6.07) is 9.20. The zero-order chi connectivity index (χ0) is 13.1. The van der Waals surface area contributed by atoms with Gasteiger partial charge >= 0.3 is 0 Å². The van der Waals surface area contributed by atoms with Crippen molar-refractivity contribution >= 4 is 5.91 Å². The van der Waals surface area contributed by atoms with Crippen molar-refractivity contribution in [3.8, 4) is 0 Å². The Morgan fingerprint density at radius 1 is 1.28 bits per heavy atom. The number of nitrogens with one attached hydrogen (secondary N) is 1. The lowest BCUT2D eigenvalue weighted by Gasteiger charge is -2.36. The van der Waals surface area contributed by atoms with E-state index in [1.54, 1.807) is 6.92 Å². The molecule has 1 aliphatic rings. The Morgan fingerprint density at radius 3 is 2.61 bits per heavy atom. The Labute approximate surface area is 105 Å². The maximum atomic E-state index is 11.3. The maximum absolute atomic E-state index is 11.3. The van der Waals surface area contributed by atoms with Gasteiger partial charge in [0.1, 0.15) is 12.2 Å². The van der Waals surface area contributed by atoms with Gasteiger partial charge in [-0.05, 0) is 12.5 Å². The molecule has 0 radical (unpaired) electrons. The van der Waals surface area contributed by atoms with Gasteiger partial charge in [0.2, 0.25) is 0 Å². The number of ether oxygens (including phenoxy) is 1. The first-order chi connectivity index (χ1) is 8.59. The number of rotatable bonds is 3. The van der Waals surface area contributed by atoms with Gasteiger partial charge in [0.15, 0.2) is 6.10 Å². The van der Waals surface area contributed by atoms with Crippen LogP contribution in [0.15, 0.2) is 30.3 Å². The number of aliphatic hydroxyl groups is 2. The summed E-state index contributed by atoms with van der Waals surface area (Å²) in [5.74, 6) is -0.561. The van der Waals surface area contributed by atoms with Crippen molar-refractivity contribution in [3.63, 3.8) is 0 Å². The largest absolute Gasteiger partial charge is 0.387 e. The highest BCUT2D eigenvalue weighted by atomic mass is 16.5. The van der Waals surface area contributed by atoms with E-state index >= 15 is 0 Å². The van der Waals surface area contributed by atoms with Gasteiger partial charge in [-0.2, -0.15) is 0 Å². The highest BCUT2D eigenvalue weighted by Crippen LogP contribution is 2.16. The Bertz CT molecular complexity index is 409. The van der Waals surface area contributed by atoms with Crippen LogP contribution in [-0.2, 0) is 16.1 Å². The van der Waals surface area contributed by atoms with Crippen LogP contribution in [0, 0.1) is 0 Å². The Hall–Kier alpha value is -1.43. The molecule has 98 valence electrons. The fraction of sp³-hybridized carbons (Fsp3) is 0.462. The normalized spacial score (nSPS) is 32.1. The van der Waals surface area contributed by atoms with E-state index < -0.39 is 24.2 Å². The van der Waals surface area contributed by atoms with Crippen molar-refractivity contribution in [3.05, 3.63) is 35.9 Å². The van der Waals surface area contributed by atoms with Gasteiger partial charge < -0.3 is 20.3 Å². The molecule has 0 aromatic heterocycles. The molecule has 4 atom stereocenters. The fourth-order valence-corrected chi connectivity index (χ4v) is 2.03. The molecule has 0 saturated carbocycles. The summed E-state index contributed by atoms with van der Waals surface area (Å²) in [7, 11) is 0. The highest BCUT2D eigenvalue weighted by molar-refractivity contribution is 5.82. The number of amides is 1. The molecule has 0 aliphatic carbocycles. The first-order valence-electron chi connectivity index (χ1n) is 5.91. The molecular formula is C13H17NO4. The molecule has 18 heavy (non-hydrogen) atoms. The summed E-state index contributed by atoms with van der Waals surface area (Å²) in [5, 5.41) is 21.9. The first kappa shape index (κ1) is 13.0. The minimum atomic E-state index is -1.43. The molecule has 1 aliphatic heterocycles. The fourth-order valence-electron chi connectivity index (χ4n) is 2.03. The van der Waals surface area contributed by atoms with Crippen molar-refractivity contribution in [1.82, 2.24) is 5.32 Å². The van der Waals surface area contributed by atoms with Crippen LogP contribution in [0.25, 0.3) is 0 Å². The standard InChI is InChI=1S/C13H17NO4/c1-8-12(10(15)11(16)13(17)14-8)18-7-9-5-3-2-4-6-9/h2-6,8,10-12,15-16H,7H2,1H3,(H,14,17)/t8-,10-,11+,12-/m1/s1. The number of aliphatic hydroxyl groups excluding tert-OH is 2. The van der Waals surface area contributed by atoms with E-state index in [-0.39, 0.29) is 6.04 Å². The number of piperidine rings is 1. The number of carbonyl (C=O) groups excluding carboxylic acids is 1. The second-order valence-corrected chi connectivity index (χ2v) is 4.49. The van der Waals surface area contributed by atoms with E-state index in [0.717, 1.165) is 5.56 Å².